The molecule has 2 atom stereocenters. The van der Waals surface area contributed by atoms with E-state index in [4.69, 9.17) is 24.3 Å². The van der Waals surface area contributed by atoms with Gasteiger partial charge in [-0.25, -0.2) is 4.57 Å². The zero-order valence-corrected chi connectivity index (χ0v) is 45.2. The van der Waals surface area contributed by atoms with Crippen molar-refractivity contribution in [1.29, 1.82) is 0 Å². The van der Waals surface area contributed by atoms with E-state index in [-0.39, 0.29) is 32.3 Å². The summed E-state index contributed by atoms with van der Waals surface area (Å²) in [6.07, 6.45) is 72.4. The van der Waals surface area contributed by atoms with E-state index >= 15 is 0 Å². The first-order valence-corrected chi connectivity index (χ1v) is 29.9. The Kier molecular flexibility index (Phi) is 54.2. The zero-order chi connectivity index (χ0) is 49.4. The number of phosphoric ester groups is 1. The summed E-state index contributed by atoms with van der Waals surface area (Å²) in [5, 5.41) is 0. The molecule has 0 aliphatic rings. The Morgan fingerprint density at radius 3 is 1.25 bits per heavy atom. The molecule has 0 bridgehead atoms. The molecule has 2 unspecified atom stereocenters. The van der Waals surface area contributed by atoms with Crippen LogP contribution in [0.1, 0.15) is 258 Å². The molecule has 0 spiro atoms. The van der Waals surface area contributed by atoms with E-state index in [0.29, 0.717) is 13.0 Å². The average Bonchev–Trinajstić information content (AvgIpc) is 3.33. The van der Waals surface area contributed by atoms with Crippen LogP contribution < -0.4 is 5.73 Å². The molecule has 0 amide bonds. The highest BCUT2D eigenvalue weighted by molar-refractivity contribution is 7.47. The van der Waals surface area contributed by atoms with Crippen LogP contribution in [0.4, 0.5) is 0 Å². The Balaban J connectivity index is 3.91. The van der Waals surface area contributed by atoms with Crippen LogP contribution in [0.3, 0.4) is 0 Å². The van der Waals surface area contributed by atoms with E-state index in [1.807, 2.05) is 0 Å². The maximum Gasteiger partial charge on any atom is 0.472 e. The van der Waals surface area contributed by atoms with Crippen molar-refractivity contribution in [3.8, 4) is 0 Å². The third-order valence-electron chi connectivity index (χ3n) is 12.1. The summed E-state index contributed by atoms with van der Waals surface area (Å²) in [4.78, 5) is 22.7. The smallest absolute Gasteiger partial charge is 0.457 e. The van der Waals surface area contributed by atoms with Gasteiger partial charge in [0.2, 0.25) is 0 Å². The van der Waals surface area contributed by atoms with E-state index in [1.54, 1.807) is 0 Å². The Labute approximate surface area is 420 Å². The molecular weight excluding hydrogens is 866 g/mol. The number of unbranched alkanes of at least 4 members (excludes halogenated alkanes) is 29. The number of esters is 1. The quantitative estimate of drug-likeness (QED) is 0.0268. The molecule has 0 radical (unpaired) electrons. The molecular formula is C59H108NO7P. The average molecular weight is 974 g/mol. The van der Waals surface area contributed by atoms with Crippen LogP contribution in [0.15, 0.2) is 72.9 Å². The van der Waals surface area contributed by atoms with E-state index in [0.717, 1.165) is 77.0 Å². The molecule has 0 aromatic heterocycles. The molecule has 0 aromatic carbocycles. The standard InChI is InChI=1S/C59H108NO7P/c1-3-5-7-9-11-13-15-17-19-21-23-25-27-28-29-31-33-35-37-39-41-43-45-47-49-51-54-64-56-58(57-66-68(62,63)65-55-53-60)67-59(61)52-50-48-46-44-42-40-38-36-34-32-30-26-24-22-20-18-16-14-12-10-8-6-4-2/h6,8,12,14,18,20-21,23-24,26,32,34,58H,3-5,7,9-11,13,15-17,19,22,25,27-31,33,35-57,60H2,1-2H3,(H,62,63)/b8-6-,14-12-,20-18-,23-21-,26-24-,34-32-. The van der Waals surface area contributed by atoms with E-state index in [2.05, 4.69) is 86.8 Å². The van der Waals surface area contributed by atoms with E-state index in [1.165, 1.54) is 161 Å². The summed E-state index contributed by atoms with van der Waals surface area (Å²) < 4.78 is 33.7. The monoisotopic (exact) mass is 974 g/mol. The highest BCUT2D eigenvalue weighted by atomic mass is 31.2. The van der Waals surface area contributed by atoms with Gasteiger partial charge >= 0.3 is 13.8 Å². The number of phosphoric acid groups is 1. The van der Waals surface area contributed by atoms with Crippen LogP contribution in [-0.2, 0) is 27.9 Å². The molecule has 396 valence electrons. The van der Waals surface area contributed by atoms with Crippen molar-refractivity contribution in [2.45, 2.75) is 264 Å². The van der Waals surface area contributed by atoms with Crippen molar-refractivity contribution >= 4 is 13.8 Å². The minimum absolute atomic E-state index is 0.0960. The Morgan fingerprint density at radius 1 is 0.456 bits per heavy atom. The van der Waals surface area contributed by atoms with Crippen molar-refractivity contribution in [2.75, 3.05) is 33.0 Å². The van der Waals surface area contributed by atoms with E-state index < -0.39 is 13.9 Å². The first kappa shape index (κ1) is 65.9. The molecule has 0 saturated carbocycles. The van der Waals surface area contributed by atoms with Crippen LogP contribution in [0.5, 0.6) is 0 Å². The third kappa shape index (κ3) is 54.9. The van der Waals surface area contributed by atoms with Gasteiger partial charge in [-0.05, 0) is 83.5 Å². The number of rotatable bonds is 54. The van der Waals surface area contributed by atoms with Crippen LogP contribution in [-0.4, -0.2) is 49.9 Å². The third-order valence-corrected chi connectivity index (χ3v) is 13.1. The predicted octanol–water partition coefficient (Wildman–Crippen LogP) is 18.2. The van der Waals surface area contributed by atoms with Crippen LogP contribution in [0, 0.1) is 0 Å². The summed E-state index contributed by atoms with van der Waals surface area (Å²) in [6, 6.07) is 0. The molecule has 0 aromatic rings. The summed E-state index contributed by atoms with van der Waals surface area (Å²) in [7, 11) is -4.29. The maximum absolute atomic E-state index is 12.7. The number of hydrogen-bond donors (Lipinski definition) is 2. The van der Waals surface area contributed by atoms with Crippen molar-refractivity contribution in [3.63, 3.8) is 0 Å². The van der Waals surface area contributed by atoms with Crippen molar-refractivity contribution in [1.82, 2.24) is 0 Å². The Morgan fingerprint density at radius 2 is 0.824 bits per heavy atom. The Bertz CT molecular complexity index is 1280. The lowest BCUT2D eigenvalue weighted by Gasteiger charge is -2.20. The van der Waals surface area contributed by atoms with Crippen molar-refractivity contribution in [3.05, 3.63) is 72.9 Å². The fraction of sp³-hybridized carbons (Fsp3) is 0.780. The fourth-order valence-corrected chi connectivity index (χ4v) is 8.73. The number of carbonyl (C=O) groups excluding carboxylic acids is 1. The van der Waals surface area contributed by atoms with E-state index in [9.17, 15) is 14.3 Å². The van der Waals surface area contributed by atoms with Crippen LogP contribution in [0.25, 0.3) is 0 Å². The van der Waals surface area contributed by atoms with Gasteiger partial charge in [0, 0.05) is 19.6 Å². The minimum Gasteiger partial charge on any atom is -0.457 e. The summed E-state index contributed by atoms with van der Waals surface area (Å²) in [6.45, 7) is 4.82. The lowest BCUT2D eigenvalue weighted by molar-refractivity contribution is -0.154. The SMILES string of the molecule is CC/C=C\C/C=C\C/C=C\C/C=C\C/C=C\CCCCCCCCCC(=O)OC(COCCCCCCCCCCCCCCCC/C=C\CCCCCCCCCC)COP(=O)(O)OCCN. The molecule has 0 saturated heterocycles. The molecule has 0 aliphatic heterocycles. The first-order chi connectivity index (χ1) is 33.4. The summed E-state index contributed by atoms with van der Waals surface area (Å²) in [5.41, 5.74) is 5.40. The number of ether oxygens (including phenoxy) is 2. The van der Waals surface area contributed by atoms with Crippen LogP contribution in [0.2, 0.25) is 0 Å². The van der Waals surface area contributed by atoms with Crippen molar-refractivity contribution in [2.24, 2.45) is 5.73 Å². The summed E-state index contributed by atoms with van der Waals surface area (Å²) >= 11 is 0. The first-order valence-electron chi connectivity index (χ1n) is 28.4. The highest BCUT2D eigenvalue weighted by Gasteiger charge is 2.25. The topological polar surface area (TPSA) is 117 Å². The number of nitrogens with two attached hydrogens (primary N) is 1. The van der Waals surface area contributed by atoms with Gasteiger partial charge in [-0.3, -0.25) is 13.8 Å². The molecule has 0 fully saturated rings. The lowest BCUT2D eigenvalue weighted by Crippen LogP contribution is -2.28. The number of hydrogen-bond acceptors (Lipinski definition) is 7. The normalized spacial score (nSPS) is 13.8. The largest absolute Gasteiger partial charge is 0.472 e. The molecule has 0 aliphatic carbocycles. The maximum atomic E-state index is 12.7. The molecule has 0 rings (SSSR count). The minimum atomic E-state index is -4.29. The van der Waals surface area contributed by atoms with Crippen molar-refractivity contribution < 1.29 is 32.8 Å². The second kappa shape index (κ2) is 55.9. The van der Waals surface area contributed by atoms with Gasteiger partial charge in [-0.2, -0.15) is 0 Å². The summed E-state index contributed by atoms with van der Waals surface area (Å²) in [5.74, 6) is -0.340. The second-order valence-corrected chi connectivity index (χ2v) is 20.2. The lowest BCUT2D eigenvalue weighted by atomic mass is 10.0. The van der Waals surface area contributed by atoms with Gasteiger partial charge in [-0.15, -0.1) is 0 Å². The predicted molar refractivity (Wildman–Crippen MR) is 293 cm³/mol. The molecule has 9 heteroatoms. The van der Waals surface area contributed by atoms with Crippen LogP contribution >= 0.6 is 7.82 Å². The van der Waals surface area contributed by atoms with Gasteiger partial charge in [-0.1, -0.05) is 241 Å². The molecule has 8 nitrogen and oxygen atoms in total. The fourth-order valence-electron chi connectivity index (χ4n) is 7.96. The zero-order valence-electron chi connectivity index (χ0n) is 44.3. The van der Waals surface area contributed by atoms with Gasteiger partial charge in [0.1, 0.15) is 6.10 Å². The molecule has 0 heterocycles. The Hall–Kier alpha value is -2.06. The van der Waals surface area contributed by atoms with Gasteiger partial charge < -0.3 is 20.1 Å². The molecule has 3 N–H and O–H groups in total. The second-order valence-electron chi connectivity index (χ2n) is 18.8. The number of carbonyl (C=O) groups is 1. The van der Waals surface area contributed by atoms with Gasteiger partial charge in [0.15, 0.2) is 0 Å². The highest BCUT2D eigenvalue weighted by Crippen LogP contribution is 2.43. The van der Waals surface area contributed by atoms with Gasteiger partial charge in [0.25, 0.3) is 0 Å². The number of allylic oxidation sites excluding steroid dienone is 12. The van der Waals surface area contributed by atoms with Gasteiger partial charge in [0.05, 0.1) is 19.8 Å². The molecule has 68 heavy (non-hydrogen) atoms.